The van der Waals surface area contributed by atoms with Crippen LogP contribution in [0, 0.1) is 6.92 Å². The topological polar surface area (TPSA) is 16.1 Å². The van der Waals surface area contributed by atoms with Crippen molar-refractivity contribution in [1.29, 1.82) is 0 Å². The third-order valence-electron chi connectivity index (χ3n) is 2.93. The smallest absolute Gasteiger partial charge is 0.0900 e. The van der Waals surface area contributed by atoms with Gasteiger partial charge in [0.1, 0.15) is 0 Å². The average Bonchev–Trinajstić information content (AvgIpc) is 2.87. The molecule has 3 heteroatoms. The van der Waals surface area contributed by atoms with Gasteiger partial charge in [0.05, 0.1) is 10.7 Å². The lowest BCUT2D eigenvalue weighted by atomic mass is 10.2. The molecular weight excluding hydrogens is 180 g/mol. The summed E-state index contributed by atoms with van der Waals surface area (Å²) < 4.78 is 0. The minimum Gasteiger partial charge on any atom is -0.295 e. The van der Waals surface area contributed by atoms with E-state index in [2.05, 4.69) is 16.8 Å². The van der Waals surface area contributed by atoms with Gasteiger partial charge in [-0.3, -0.25) is 4.90 Å². The Hall–Kier alpha value is -0.410. The molecule has 2 heterocycles. The van der Waals surface area contributed by atoms with Crippen molar-refractivity contribution in [3.05, 3.63) is 15.6 Å². The van der Waals surface area contributed by atoms with Crippen molar-refractivity contribution in [3.63, 3.8) is 0 Å². The molecule has 2 nitrogen and oxygen atoms in total. The molecule has 0 atom stereocenters. The summed E-state index contributed by atoms with van der Waals surface area (Å²) in [4.78, 5) is 8.71. The van der Waals surface area contributed by atoms with Gasteiger partial charge in [-0.05, 0) is 19.8 Å². The highest BCUT2D eigenvalue weighted by molar-refractivity contribution is 7.11. The van der Waals surface area contributed by atoms with E-state index in [1.807, 2.05) is 11.3 Å². The minimum absolute atomic E-state index is 0.913. The number of aromatic nitrogens is 1. The Morgan fingerprint density at radius 3 is 3.08 bits per heavy atom. The van der Waals surface area contributed by atoms with Crippen LogP contribution in [0.2, 0.25) is 0 Å². The van der Waals surface area contributed by atoms with E-state index < -0.39 is 0 Å². The first-order valence-electron chi connectivity index (χ1n) is 5.02. The van der Waals surface area contributed by atoms with Crippen LogP contribution in [-0.2, 0) is 13.0 Å². The first kappa shape index (κ1) is 7.94. The molecule has 0 amide bonds. The van der Waals surface area contributed by atoms with Crippen molar-refractivity contribution in [2.45, 2.75) is 38.8 Å². The molecule has 0 bridgehead atoms. The van der Waals surface area contributed by atoms with Gasteiger partial charge in [-0.15, -0.1) is 11.3 Å². The Kier molecular flexibility index (Phi) is 1.70. The van der Waals surface area contributed by atoms with Gasteiger partial charge >= 0.3 is 0 Å². The highest BCUT2D eigenvalue weighted by Crippen LogP contribution is 2.33. The third kappa shape index (κ3) is 1.40. The predicted octanol–water partition coefficient (Wildman–Crippen LogP) is 1.97. The second-order valence-corrected chi connectivity index (χ2v) is 5.34. The van der Waals surface area contributed by atoms with Gasteiger partial charge < -0.3 is 0 Å². The zero-order valence-corrected chi connectivity index (χ0v) is 8.73. The van der Waals surface area contributed by atoms with E-state index in [9.17, 15) is 0 Å². The molecule has 0 saturated heterocycles. The van der Waals surface area contributed by atoms with E-state index in [0.717, 1.165) is 6.04 Å². The van der Waals surface area contributed by atoms with E-state index >= 15 is 0 Å². The summed E-state index contributed by atoms with van der Waals surface area (Å²) in [5.74, 6) is 0. The first-order chi connectivity index (χ1) is 6.33. The number of rotatable bonds is 1. The second kappa shape index (κ2) is 2.79. The van der Waals surface area contributed by atoms with E-state index in [4.69, 9.17) is 0 Å². The first-order valence-corrected chi connectivity index (χ1v) is 5.84. The Morgan fingerprint density at radius 1 is 1.46 bits per heavy atom. The van der Waals surface area contributed by atoms with Crippen molar-refractivity contribution >= 4 is 11.3 Å². The molecule has 0 spiro atoms. The second-order valence-electron chi connectivity index (χ2n) is 4.05. The molecule has 1 fully saturated rings. The maximum Gasteiger partial charge on any atom is 0.0900 e. The quantitative estimate of drug-likeness (QED) is 0.679. The predicted molar refractivity (Wildman–Crippen MR) is 54.0 cm³/mol. The molecule has 1 aliphatic carbocycles. The molecule has 3 rings (SSSR count). The Balaban J connectivity index is 1.85. The molecule has 0 unspecified atom stereocenters. The summed E-state index contributed by atoms with van der Waals surface area (Å²) in [5, 5.41) is 1.24. The molecular formula is C10H14N2S. The lowest BCUT2D eigenvalue weighted by molar-refractivity contribution is 0.245. The Bertz CT molecular complexity index is 328. The third-order valence-corrected chi connectivity index (χ3v) is 3.93. The zero-order chi connectivity index (χ0) is 8.84. The summed E-state index contributed by atoms with van der Waals surface area (Å²) in [6.45, 7) is 4.52. The average molecular weight is 194 g/mol. The number of hydrogen-bond donors (Lipinski definition) is 0. The maximum absolute atomic E-state index is 4.56. The van der Waals surface area contributed by atoms with Gasteiger partial charge in [-0.2, -0.15) is 0 Å². The molecule has 0 N–H and O–H groups in total. The van der Waals surface area contributed by atoms with E-state index in [-0.39, 0.29) is 0 Å². The van der Waals surface area contributed by atoms with Gasteiger partial charge in [0.15, 0.2) is 0 Å². The number of hydrogen-bond acceptors (Lipinski definition) is 3. The van der Waals surface area contributed by atoms with Gasteiger partial charge in [-0.25, -0.2) is 4.98 Å². The molecule has 1 aromatic rings. The van der Waals surface area contributed by atoms with Gasteiger partial charge in [0.25, 0.3) is 0 Å². The number of fused-ring (bicyclic) bond motifs is 1. The molecule has 1 saturated carbocycles. The number of aryl methyl sites for hydroxylation is 1. The van der Waals surface area contributed by atoms with Crippen LogP contribution >= 0.6 is 11.3 Å². The van der Waals surface area contributed by atoms with Crippen LogP contribution in [0.15, 0.2) is 0 Å². The zero-order valence-electron chi connectivity index (χ0n) is 7.92. The normalized spacial score (nSPS) is 23.2. The monoisotopic (exact) mass is 194 g/mol. The highest BCUT2D eigenvalue weighted by atomic mass is 32.1. The van der Waals surface area contributed by atoms with Crippen LogP contribution in [0.25, 0.3) is 0 Å². The van der Waals surface area contributed by atoms with Crippen molar-refractivity contribution in [3.8, 4) is 0 Å². The molecule has 2 aliphatic rings. The minimum atomic E-state index is 0.913. The molecule has 0 radical (unpaired) electrons. The molecule has 70 valence electrons. The lowest BCUT2D eigenvalue weighted by Gasteiger charge is -2.25. The fourth-order valence-electron chi connectivity index (χ4n) is 2.10. The SMILES string of the molecule is Cc1nc2c(s1)CN(C1CC1)CC2. The summed E-state index contributed by atoms with van der Waals surface area (Å²) in [5.41, 5.74) is 1.37. The van der Waals surface area contributed by atoms with E-state index in [0.29, 0.717) is 0 Å². The van der Waals surface area contributed by atoms with Crippen LogP contribution in [0.4, 0.5) is 0 Å². The van der Waals surface area contributed by atoms with Crippen molar-refractivity contribution in [2.24, 2.45) is 0 Å². The van der Waals surface area contributed by atoms with Crippen molar-refractivity contribution < 1.29 is 0 Å². The summed E-state index contributed by atoms with van der Waals surface area (Å²) >= 11 is 1.89. The maximum atomic E-state index is 4.56. The summed E-state index contributed by atoms with van der Waals surface area (Å²) in [7, 11) is 0. The standard InChI is InChI=1S/C10H14N2S/c1-7-11-9-4-5-12(8-2-3-8)6-10(9)13-7/h8H,2-6H2,1H3. The van der Waals surface area contributed by atoms with Crippen LogP contribution in [0.1, 0.15) is 28.4 Å². The van der Waals surface area contributed by atoms with Gasteiger partial charge in [0, 0.05) is 30.4 Å². The van der Waals surface area contributed by atoms with Crippen LogP contribution in [0.5, 0.6) is 0 Å². The van der Waals surface area contributed by atoms with Gasteiger partial charge in [-0.1, -0.05) is 0 Å². The number of thiazole rings is 1. The van der Waals surface area contributed by atoms with Crippen LogP contribution in [0.3, 0.4) is 0 Å². The lowest BCUT2D eigenvalue weighted by Crippen LogP contribution is -2.31. The summed E-state index contributed by atoms with van der Waals surface area (Å²) in [6.07, 6.45) is 4.02. The van der Waals surface area contributed by atoms with Gasteiger partial charge in [0.2, 0.25) is 0 Å². The molecule has 0 aromatic carbocycles. The van der Waals surface area contributed by atoms with E-state index in [1.165, 1.54) is 47.9 Å². The van der Waals surface area contributed by atoms with Crippen molar-refractivity contribution in [1.82, 2.24) is 9.88 Å². The number of nitrogens with zero attached hydrogens (tertiary/aromatic N) is 2. The molecule has 1 aromatic heterocycles. The largest absolute Gasteiger partial charge is 0.295 e. The van der Waals surface area contributed by atoms with E-state index in [1.54, 1.807) is 0 Å². The summed E-state index contributed by atoms with van der Waals surface area (Å²) in [6, 6.07) is 0.913. The van der Waals surface area contributed by atoms with Crippen LogP contribution < -0.4 is 0 Å². The highest BCUT2D eigenvalue weighted by Gasteiger charge is 2.32. The van der Waals surface area contributed by atoms with Crippen molar-refractivity contribution in [2.75, 3.05) is 6.54 Å². The molecule has 1 aliphatic heterocycles. The Labute approximate surface area is 82.6 Å². The van der Waals surface area contributed by atoms with Crippen LogP contribution in [-0.4, -0.2) is 22.5 Å². The molecule has 13 heavy (non-hydrogen) atoms. The fourth-order valence-corrected chi connectivity index (χ4v) is 3.10. The Morgan fingerprint density at radius 2 is 2.31 bits per heavy atom. The fraction of sp³-hybridized carbons (Fsp3) is 0.700.